The molecule has 0 unspecified atom stereocenters. The maximum atomic E-state index is 13.4. The van der Waals surface area contributed by atoms with Crippen LogP contribution < -0.4 is 4.74 Å². The van der Waals surface area contributed by atoms with Gasteiger partial charge in [-0.2, -0.15) is 8.78 Å². The van der Waals surface area contributed by atoms with Gasteiger partial charge in [-0.25, -0.2) is 13.2 Å². The Morgan fingerprint density at radius 2 is 1.27 bits per heavy atom. The highest BCUT2D eigenvalue weighted by molar-refractivity contribution is 6.73. The molecule has 0 N–H and O–H groups in total. The van der Waals surface area contributed by atoms with Crippen molar-refractivity contribution in [1.29, 1.82) is 0 Å². The third kappa shape index (κ3) is 3.78. The van der Waals surface area contributed by atoms with Crippen molar-refractivity contribution in [2.45, 2.75) is 38.4 Å². The molecule has 0 amide bonds. The van der Waals surface area contributed by atoms with Gasteiger partial charge in [0.1, 0.15) is 0 Å². The zero-order chi connectivity index (χ0) is 16.9. The zero-order valence-electron chi connectivity index (χ0n) is 12.7. The van der Waals surface area contributed by atoms with Crippen LogP contribution >= 0.6 is 0 Å². The fourth-order valence-electron chi connectivity index (χ4n) is 2.27. The Labute approximate surface area is 127 Å². The summed E-state index contributed by atoms with van der Waals surface area (Å²) in [7, 11) is -0.260. The molecule has 0 fully saturated rings. The Morgan fingerprint density at radius 1 is 0.818 bits per heavy atom. The number of benzene rings is 1. The van der Waals surface area contributed by atoms with E-state index in [9.17, 15) is 22.0 Å². The number of hydrogen-bond donors (Lipinski definition) is 0. The molecule has 0 bridgehead atoms. The van der Waals surface area contributed by atoms with Crippen molar-refractivity contribution in [3.05, 3.63) is 29.1 Å². The van der Waals surface area contributed by atoms with E-state index >= 15 is 0 Å². The van der Waals surface area contributed by atoms with E-state index in [4.69, 9.17) is 9.16 Å². The van der Waals surface area contributed by atoms with Crippen LogP contribution in [0.2, 0.25) is 18.1 Å². The van der Waals surface area contributed by atoms with Crippen LogP contribution in [0.1, 0.15) is 20.3 Å². The molecule has 0 aliphatic carbocycles. The predicted octanol–water partition coefficient (Wildman–Crippen LogP) is 4.78. The molecule has 0 saturated carbocycles. The summed E-state index contributed by atoms with van der Waals surface area (Å²) in [4.78, 5) is 0. The molecule has 1 rings (SSSR count). The molecule has 2 nitrogen and oxygen atoms in total. The summed E-state index contributed by atoms with van der Waals surface area (Å²) in [5.41, 5.74) is 0. The minimum atomic E-state index is -2.19. The van der Waals surface area contributed by atoms with Crippen LogP contribution in [0.3, 0.4) is 0 Å². The van der Waals surface area contributed by atoms with Crippen LogP contribution in [0, 0.1) is 29.1 Å². The molecule has 8 heteroatoms. The average molecular weight is 342 g/mol. The summed E-state index contributed by atoms with van der Waals surface area (Å²) in [6.07, 6.45) is 0.418. The zero-order valence-corrected chi connectivity index (χ0v) is 13.7. The predicted molar refractivity (Wildman–Crippen MR) is 74.9 cm³/mol. The van der Waals surface area contributed by atoms with Crippen LogP contribution in [0.15, 0.2) is 0 Å². The Hall–Kier alpha value is -1.15. The Morgan fingerprint density at radius 3 is 1.68 bits per heavy atom. The lowest BCUT2D eigenvalue weighted by atomic mass is 10.2. The first kappa shape index (κ1) is 18.9. The Balaban J connectivity index is 2.74. The first-order chi connectivity index (χ1) is 10.3. The van der Waals surface area contributed by atoms with Crippen molar-refractivity contribution in [2.24, 2.45) is 0 Å². The Kier molecular flexibility index (Phi) is 6.80. The largest absolute Gasteiger partial charge is 0.487 e. The highest BCUT2D eigenvalue weighted by Gasteiger charge is 2.30. The van der Waals surface area contributed by atoms with Crippen LogP contribution in [0.4, 0.5) is 22.0 Å². The second-order valence-corrected chi connectivity index (χ2v) is 9.63. The van der Waals surface area contributed by atoms with Crippen molar-refractivity contribution in [1.82, 2.24) is 0 Å². The second-order valence-electron chi connectivity index (χ2n) is 4.95. The van der Waals surface area contributed by atoms with E-state index < -0.39 is 43.2 Å². The summed E-state index contributed by atoms with van der Waals surface area (Å²) < 4.78 is 76.0. The normalized spacial score (nSPS) is 11.8. The molecule has 0 atom stereocenters. The van der Waals surface area contributed by atoms with Gasteiger partial charge in [0.25, 0.3) is 0 Å². The summed E-state index contributed by atoms with van der Waals surface area (Å²) in [5, 5.41) is 0. The molecule has 0 saturated heterocycles. The van der Waals surface area contributed by atoms with Crippen LogP contribution in [0.5, 0.6) is 5.75 Å². The summed E-state index contributed by atoms with van der Waals surface area (Å²) >= 11 is 0. The van der Waals surface area contributed by atoms with Crippen LogP contribution in [0.25, 0.3) is 0 Å². The third-order valence-electron chi connectivity index (χ3n) is 3.91. The molecule has 0 spiro atoms. The second kappa shape index (κ2) is 7.91. The molecule has 0 aromatic heterocycles. The highest BCUT2D eigenvalue weighted by atomic mass is 28.4. The maximum absolute atomic E-state index is 13.4. The van der Waals surface area contributed by atoms with Crippen molar-refractivity contribution in [2.75, 3.05) is 13.7 Å². The first-order valence-corrected chi connectivity index (χ1v) is 9.55. The Bertz CT molecular complexity index is 483. The minimum Gasteiger partial charge on any atom is -0.487 e. The smallest absolute Gasteiger partial charge is 0.206 e. The maximum Gasteiger partial charge on any atom is 0.206 e. The number of halogens is 5. The van der Waals surface area contributed by atoms with Crippen LogP contribution in [-0.4, -0.2) is 22.0 Å². The SMILES string of the molecule is CC[Si](CC)(CCCOc1c(F)c(F)c(F)c(F)c1F)OC. The third-order valence-corrected chi connectivity index (χ3v) is 8.62. The van der Waals surface area contributed by atoms with Gasteiger partial charge in [-0.3, -0.25) is 0 Å². The van der Waals surface area contributed by atoms with Gasteiger partial charge in [0.15, 0.2) is 14.1 Å². The van der Waals surface area contributed by atoms with Crippen molar-refractivity contribution < 1.29 is 31.1 Å². The molecule has 0 heterocycles. The lowest BCUT2D eigenvalue weighted by molar-refractivity contribution is 0.260. The van der Waals surface area contributed by atoms with Crippen molar-refractivity contribution >= 4 is 8.32 Å². The lowest BCUT2D eigenvalue weighted by Gasteiger charge is -2.27. The van der Waals surface area contributed by atoms with Gasteiger partial charge in [0, 0.05) is 7.11 Å². The van der Waals surface area contributed by atoms with Gasteiger partial charge >= 0.3 is 0 Å². The molecule has 1 aromatic carbocycles. The average Bonchev–Trinajstić information content (AvgIpc) is 2.54. The monoisotopic (exact) mass is 342 g/mol. The molecular formula is C14H19F5O2Si. The van der Waals surface area contributed by atoms with Gasteiger partial charge in [0.2, 0.25) is 29.1 Å². The van der Waals surface area contributed by atoms with E-state index in [1.54, 1.807) is 7.11 Å². The molecule has 0 aliphatic heterocycles. The fraction of sp³-hybridized carbons (Fsp3) is 0.571. The number of ether oxygens (including phenoxy) is 1. The molecule has 0 radical (unpaired) electrons. The number of rotatable bonds is 8. The molecule has 126 valence electrons. The molecule has 1 aromatic rings. The van der Waals surface area contributed by atoms with Crippen LogP contribution in [-0.2, 0) is 4.43 Å². The first-order valence-electron chi connectivity index (χ1n) is 7.02. The topological polar surface area (TPSA) is 18.5 Å². The van der Waals surface area contributed by atoms with Crippen molar-refractivity contribution in [3.63, 3.8) is 0 Å². The van der Waals surface area contributed by atoms with Gasteiger partial charge in [-0.1, -0.05) is 13.8 Å². The van der Waals surface area contributed by atoms with E-state index in [1.807, 2.05) is 13.8 Å². The van der Waals surface area contributed by atoms with Gasteiger partial charge in [0.05, 0.1) is 6.61 Å². The van der Waals surface area contributed by atoms with E-state index in [-0.39, 0.29) is 6.61 Å². The van der Waals surface area contributed by atoms with Gasteiger partial charge in [-0.15, -0.1) is 0 Å². The molecule has 0 aliphatic rings. The fourth-order valence-corrected chi connectivity index (χ4v) is 5.05. The number of hydrogen-bond acceptors (Lipinski definition) is 2. The summed E-state index contributed by atoms with van der Waals surface area (Å²) in [6, 6.07) is 2.44. The van der Waals surface area contributed by atoms with E-state index in [2.05, 4.69) is 0 Å². The van der Waals surface area contributed by atoms with Gasteiger partial charge < -0.3 is 9.16 Å². The van der Waals surface area contributed by atoms with E-state index in [1.165, 1.54) is 0 Å². The highest BCUT2D eigenvalue weighted by Crippen LogP contribution is 2.29. The van der Waals surface area contributed by atoms with E-state index in [0.29, 0.717) is 12.5 Å². The molecule has 22 heavy (non-hydrogen) atoms. The van der Waals surface area contributed by atoms with Gasteiger partial charge in [-0.05, 0) is 24.6 Å². The summed E-state index contributed by atoms with van der Waals surface area (Å²) in [6.45, 7) is 3.87. The molecular weight excluding hydrogens is 323 g/mol. The lowest BCUT2D eigenvalue weighted by Crippen LogP contribution is -2.35. The summed E-state index contributed by atoms with van der Waals surface area (Å²) in [5.74, 6) is -11.3. The quantitative estimate of drug-likeness (QED) is 0.222. The minimum absolute atomic E-state index is 0.142. The standard InChI is InChI=1S/C14H19F5O2Si/c1-4-22(5-2,20-3)8-6-7-21-14-12(18)10(16)9(15)11(17)13(14)19/h4-8H2,1-3H3. The van der Waals surface area contributed by atoms with Crippen molar-refractivity contribution in [3.8, 4) is 5.75 Å². The van der Waals surface area contributed by atoms with E-state index in [0.717, 1.165) is 12.1 Å².